The van der Waals surface area contributed by atoms with E-state index in [9.17, 15) is 28.8 Å². The van der Waals surface area contributed by atoms with E-state index >= 15 is 0 Å². The van der Waals surface area contributed by atoms with Gasteiger partial charge in [-0.1, -0.05) is 24.8 Å². The van der Waals surface area contributed by atoms with Crippen LogP contribution >= 0.6 is 0 Å². The van der Waals surface area contributed by atoms with Crippen LogP contribution in [0.25, 0.3) is 0 Å². The van der Waals surface area contributed by atoms with E-state index in [1.54, 1.807) is 24.3 Å². The van der Waals surface area contributed by atoms with Crippen LogP contribution in [-0.4, -0.2) is 68.9 Å². The summed E-state index contributed by atoms with van der Waals surface area (Å²) in [5, 5.41) is 0. The molecule has 0 amide bonds. The first-order valence-corrected chi connectivity index (χ1v) is 16.3. The van der Waals surface area contributed by atoms with Crippen molar-refractivity contribution in [3.05, 3.63) is 109 Å². The van der Waals surface area contributed by atoms with E-state index in [0.29, 0.717) is 11.3 Å². The molecule has 3 rings (SSSR count). The smallest absolute Gasteiger partial charge is 0.343 e. The number of benzene rings is 3. The average Bonchev–Trinajstić information content (AvgIpc) is 3.17. The molecule has 0 N–H and O–H groups in total. The summed E-state index contributed by atoms with van der Waals surface area (Å²) in [7, 11) is 0. The zero-order valence-electron chi connectivity index (χ0n) is 29.1. The zero-order chi connectivity index (χ0) is 39.0. The van der Waals surface area contributed by atoms with Crippen molar-refractivity contribution in [3.63, 3.8) is 0 Å². The molecule has 0 spiro atoms. The summed E-state index contributed by atoms with van der Waals surface area (Å²) in [5.74, 6) is -2.83. The van der Waals surface area contributed by atoms with Crippen LogP contribution < -0.4 is 19.1 Å². The zero-order valence-corrected chi connectivity index (χ0v) is 29.1. The molecule has 0 aliphatic rings. The Morgan fingerprint density at radius 3 is 1.56 bits per heavy atom. The van der Waals surface area contributed by atoms with Crippen molar-refractivity contribution in [2.45, 2.75) is 32.3 Å². The molecule has 0 unspecified atom stereocenters. The van der Waals surface area contributed by atoms with Gasteiger partial charge >= 0.3 is 35.8 Å². The van der Waals surface area contributed by atoms with Gasteiger partial charge in [0.1, 0.15) is 56.9 Å². The van der Waals surface area contributed by atoms with Gasteiger partial charge in [-0.25, -0.2) is 19.4 Å². The number of carbonyl (C=O) groups is 6. The highest BCUT2D eigenvalue weighted by atomic mass is 17.2. The fourth-order valence-electron chi connectivity index (χ4n) is 3.83. The van der Waals surface area contributed by atoms with Crippen molar-refractivity contribution in [2.75, 3.05) is 33.0 Å². The standard InChI is InChI=1S/C38H38O16/c1-3-21-48-49-25-24-47-35(41)18-20-36(42)51-29-9-5-27(6-10-29)26-50-54-32-15-13-31(14-16-32)53-38(44)28-7-11-30(12-8-28)52-37(43)19-17-34(40)46-23-22-45-33(39)4-2/h3-16H,1-2,17-26H2. The van der Waals surface area contributed by atoms with Gasteiger partial charge in [-0.2, -0.15) is 4.89 Å². The Hall–Kier alpha value is -6.36. The molecule has 16 nitrogen and oxygen atoms in total. The molecule has 54 heavy (non-hydrogen) atoms. The van der Waals surface area contributed by atoms with Crippen LogP contribution in [0.3, 0.4) is 0 Å². The minimum atomic E-state index is -0.688. The third-order valence-electron chi connectivity index (χ3n) is 6.41. The second-order valence-electron chi connectivity index (χ2n) is 10.5. The Labute approximate surface area is 309 Å². The molecule has 0 aliphatic heterocycles. The van der Waals surface area contributed by atoms with E-state index in [1.165, 1.54) is 54.6 Å². The predicted octanol–water partition coefficient (Wildman–Crippen LogP) is 4.74. The first-order valence-electron chi connectivity index (χ1n) is 16.3. The topological polar surface area (TPSA) is 195 Å². The molecule has 0 aliphatic carbocycles. The van der Waals surface area contributed by atoms with E-state index in [0.717, 1.165) is 6.08 Å². The summed E-state index contributed by atoms with van der Waals surface area (Å²) < 4.78 is 30.2. The van der Waals surface area contributed by atoms with Gasteiger partial charge in [0.15, 0.2) is 5.75 Å². The van der Waals surface area contributed by atoms with Gasteiger partial charge in [0.25, 0.3) is 0 Å². The number of rotatable bonds is 24. The molecular weight excluding hydrogens is 712 g/mol. The molecule has 3 aromatic carbocycles. The molecule has 286 valence electrons. The van der Waals surface area contributed by atoms with Crippen molar-refractivity contribution in [1.82, 2.24) is 0 Å². The van der Waals surface area contributed by atoms with Gasteiger partial charge in [0.05, 0.1) is 31.2 Å². The van der Waals surface area contributed by atoms with Crippen LogP contribution in [0.1, 0.15) is 41.6 Å². The number of hydrogen-bond donors (Lipinski definition) is 0. The van der Waals surface area contributed by atoms with Crippen molar-refractivity contribution in [3.8, 4) is 23.0 Å². The third kappa shape index (κ3) is 17.2. The lowest BCUT2D eigenvalue weighted by Gasteiger charge is -2.09. The van der Waals surface area contributed by atoms with E-state index in [2.05, 4.69) is 17.9 Å². The maximum atomic E-state index is 12.6. The molecule has 0 fully saturated rings. The highest BCUT2D eigenvalue weighted by Crippen LogP contribution is 2.21. The lowest BCUT2D eigenvalue weighted by Crippen LogP contribution is -2.15. The Morgan fingerprint density at radius 1 is 0.500 bits per heavy atom. The van der Waals surface area contributed by atoms with Crippen LogP contribution in [0.4, 0.5) is 0 Å². The Balaban J connectivity index is 1.30. The van der Waals surface area contributed by atoms with E-state index in [-0.39, 0.29) is 88.1 Å². The molecule has 0 saturated heterocycles. The lowest BCUT2D eigenvalue weighted by atomic mass is 10.2. The highest BCUT2D eigenvalue weighted by Gasteiger charge is 2.14. The lowest BCUT2D eigenvalue weighted by molar-refractivity contribution is -0.290. The monoisotopic (exact) mass is 750 g/mol. The minimum Gasteiger partial charge on any atom is -0.463 e. The molecule has 0 atom stereocenters. The number of hydrogen-bond acceptors (Lipinski definition) is 16. The largest absolute Gasteiger partial charge is 0.463 e. The van der Waals surface area contributed by atoms with Gasteiger partial charge in [0, 0.05) is 6.08 Å². The van der Waals surface area contributed by atoms with Crippen LogP contribution in [-0.2, 0) is 59.5 Å². The van der Waals surface area contributed by atoms with Gasteiger partial charge in [-0.05, 0) is 66.2 Å². The molecule has 0 radical (unpaired) electrons. The van der Waals surface area contributed by atoms with E-state index in [1.807, 2.05) is 0 Å². The minimum absolute atomic E-state index is 0.0193. The first kappa shape index (κ1) is 42.1. The Morgan fingerprint density at radius 2 is 0.981 bits per heavy atom. The van der Waals surface area contributed by atoms with Crippen molar-refractivity contribution in [1.29, 1.82) is 0 Å². The van der Waals surface area contributed by atoms with Crippen LogP contribution in [0, 0.1) is 0 Å². The Kier molecular flexibility index (Phi) is 18.7. The SMILES string of the molecule is C=CCOOCCOC(=O)CCC(=O)Oc1ccc(COOc2ccc(OC(=O)c3ccc(OC(=O)CCC(=O)OCCOC(=O)C=C)cc3)cc2)cc1. The summed E-state index contributed by atoms with van der Waals surface area (Å²) >= 11 is 0. The molecular formula is C38H38O16. The van der Waals surface area contributed by atoms with Crippen molar-refractivity contribution < 1.29 is 76.7 Å². The van der Waals surface area contributed by atoms with Crippen molar-refractivity contribution >= 4 is 35.8 Å². The fourth-order valence-corrected chi connectivity index (χ4v) is 3.83. The summed E-state index contributed by atoms with van der Waals surface area (Å²) in [6.07, 6.45) is 1.68. The van der Waals surface area contributed by atoms with Crippen LogP contribution in [0.5, 0.6) is 23.0 Å². The summed E-state index contributed by atoms with van der Waals surface area (Å²) in [4.78, 5) is 91.1. The number of esters is 6. The summed E-state index contributed by atoms with van der Waals surface area (Å²) in [6, 6.07) is 18.2. The third-order valence-corrected chi connectivity index (χ3v) is 6.41. The fraction of sp³-hybridized carbons (Fsp3) is 0.263. The normalized spacial score (nSPS) is 10.3. The highest BCUT2D eigenvalue weighted by molar-refractivity contribution is 5.91. The summed E-state index contributed by atoms with van der Waals surface area (Å²) in [6.45, 7) is 6.71. The molecule has 16 heteroatoms. The number of ether oxygens (including phenoxy) is 6. The second kappa shape index (κ2) is 24.0. The maximum absolute atomic E-state index is 12.6. The maximum Gasteiger partial charge on any atom is 0.343 e. The molecule has 0 saturated carbocycles. The van der Waals surface area contributed by atoms with E-state index in [4.69, 9.17) is 43.2 Å². The van der Waals surface area contributed by atoms with Crippen LogP contribution in [0.2, 0.25) is 0 Å². The van der Waals surface area contributed by atoms with Gasteiger partial charge in [-0.3, -0.25) is 19.2 Å². The molecule has 3 aromatic rings. The quantitative estimate of drug-likeness (QED) is 0.0178. The van der Waals surface area contributed by atoms with Gasteiger partial charge in [-0.15, -0.1) is 6.58 Å². The molecule has 0 aromatic heterocycles. The predicted molar refractivity (Wildman–Crippen MR) is 185 cm³/mol. The number of carbonyl (C=O) groups excluding carboxylic acids is 6. The average molecular weight is 751 g/mol. The van der Waals surface area contributed by atoms with E-state index < -0.39 is 35.8 Å². The first-order chi connectivity index (χ1) is 26.1. The van der Waals surface area contributed by atoms with Crippen molar-refractivity contribution in [2.24, 2.45) is 0 Å². The van der Waals surface area contributed by atoms with Crippen LogP contribution in [0.15, 0.2) is 98.1 Å². The van der Waals surface area contributed by atoms with Gasteiger partial charge in [0.2, 0.25) is 0 Å². The second-order valence-corrected chi connectivity index (χ2v) is 10.5. The Bertz CT molecular complexity index is 1700. The molecule has 0 heterocycles. The van der Waals surface area contributed by atoms with Gasteiger partial charge < -0.3 is 33.3 Å². The summed E-state index contributed by atoms with van der Waals surface area (Å²) in [5.41, 5.74) is 0.902. The molecule has 0 bridgehead atoms.